The average Bonchev–Trinajstić information content (AvgIpc) is 3.22. The van der Waals surface area contributed by atoms with E-state index < -0.39 is 17.5 Å². The Kier molecular flexibility index (Phi) is 4.39. The van der Waals surface area contributed by atoms with Gasteiger partial charge < -0.3 is 9.84 Å². The number of imide groups is 1. The monoisotopic (exact) mass is 396 g/mol. The van der Waals surface area contributed by atoms with Crippen LogP contribution < -0.4 is 5.32 Å². The van der Waals surface area contributed by atoms with Gasteiger partial charge in [-0.1, -0.05) is 59.2 Å². The molecule has 8 heteroatoms. The van der Waals surface area contributed by atoms with E-state index in [0.29, 0.717) is 16.4 Å². The van der Waals surface area contributed by atoms with Gasteiger partial charge in [0.2, 0.25) is 11.7 Å². The molecule has 1 fully saturated rings. The molecular weight excluding hydrogens is 380 g/mol. The summed E-state index contributed by atoms with van der Waals surface area (Å²) in [5.74, 6) is 0.153. The third-order valence-electron chi connectivity index (χ3n) is 4.83. The average molecular weight is 397 g/mol. The summed E-state index contributed by atoms with van der Waals surface area (Å²) in [7, 11) is 0. The van der Waals surface area contributed by atoms with Gasteiger partial charge in [0.25, 0.3) is 5.91 Å². The molecule has 2 heterocycles. The summed E-state index contributed by atoms with van der Waals surface area (Å²) < 4.78 is 5.27. The van der Waals surface area contributed by atoms with Crippen molar-refractivity contribution in [3.63, 3.8) is 0 Å². The van der Waals surface area contributed by atoms with E-state index in [0.717, 1.165) is 16.0 Å². The summed E-state index contributed by atoms with van der Waals surface area (Å²) in [6, 6.07) is 14.0. The topological polar surface area (TPSA) is 88.3 Å². The van der Waals surface area contributed by atoms with E-state index in [9.17, 15) is 9.59 Å². The van der Waals surface area contributed by atoms with E-state index in [1.807, 2.05) is 31.2 Å². The highest BCUT2D eigenvalue weighted by Gasteiger charge is 2.50. The predicted molar refractivity (Wildman–Crippen MR) is 102 cm³/mol. The predicted octanol–water partition coefficient (Wildman–Crippen LogP) is 3.67. The number of amides is 3. The first-order valence-electron chi connectivity index (χ1n) is 8.68. The zero-order chi connectivity index (χ0) is 19.9. The third kappa shape index (κ3) is 2.93. The molecular formula is C20H17ClN4O3. The second-order valence-electron chi connectivity index (χ2n) is 6.75. The maximum absolute atomic E-state index is 13.0. The van der Waals surface area contributed by atoms with Gasteiger partial charge in [0, 0.05) is 16.1 Å². The highest BCUT2D eigenvalue weighted by molar-refractivity contribution is 6.32. The van der Waals surface area contributed by atoms with Gasteiger partial charge in [-0.15, -0.1) is 0 Å². The van der Waals surface area contributed by atoms with Gasteiger partial charge in [-0.2, -0.15) is 4.98 Å². The number of halogens is 1. The lowest BCUT2D eigenvalue weighted by Gasteiger charge is -2.23. The zero-order valence-electron chi connectivity index (χ0n) is 15.3. The van der Waals surface area contributed by atoms with Crippen LogP contribution >= 0.6 is 11.6 Å². The Labute approximate surface area is 166 Å². The van der Waals surface area contributed by atoms with Gasteiger partial charge in [-0.3, -0.25) is 9.69 Å². The maximum atomic E-state index is 13.0. The molecule has 2 aromatic carbocycles. The molecule has 1 aromatic heterocycles. The number of nitrogens with one attached hydrogen (secondary N) is 1. The Morgan fingerprint density at radius 2 is 1.86 bits per heavy atom. The molecule has 3 aromatic rings. The van der Waals surface area contributed by atoms with Gasteiger partial charge in [-0.05, 0) is 25.5 Å². The van der Waals surface area contributed by atoms with Crippen molar-refractivity contribution < 1.29 is 14.1 Å². The zero-order valence-corrected chi connectivity index (χ0v) is 16.0. The van der Waals surface area contributed by atoms with E-state index in [4.69, 9.17) is 16.1 Å². The van der Waals surface area contributed by atoms with Gasteiger partial charge in [0.15, 0.2) is 0 Å². The SMILES string of the molecule is Cc1ccccc1-c1noc(CN2C(=O)N[C@](C)(c3ccccc3Cl)C2=O)n1. The molecule has 142 valence electrons. The smallest absolute Gasteiger partial charge is 0.325 e. The fraction of sp³-hybridized carbons (Fsp3) is 0.200. The third-order valence-corrected chi connectivity index (χ3v) is 5.16. The van der Waals surface area contributed by atoms with E-state index in [1.54, 1.807) is 31.2 Å². The summed E-state index contributed by atoms with van der Waals surface area (Å²) >= 11 is 6.24. The van der Waals surface area contributed by atoms with E-state index in [-0.39, 0.29) is 12.4 Å². The van der Waals surface area contributed by atoms with Crippen LogP contribution in [0.5, 0.6) is 0 Å². The Balaban J connectivity index is 1.60. The van der Waals surface area contributed by atoms with Crippen LogP contribution in [0.2, 0.25) is 5.02 Å². The fourth-order valence-corrected chi connectivity index (χ4v) is 3.60. The van der Waals surface area contributed by atoms with Crippen molar-refractivity contribution >= 4 is 23.5 Å². The van der Waals surface area contributed by atoms with Crippen LogP contribution in [0, 0.1) is 6.92 Å². The molecule has 0 unspecified atom stereocenters. The number of rotatable bonds is 4. The minimum absolute atomic E-state index is 0.121. The molecule has 1 atom stereocenters. The molecule has 1 saturated heterocycles. The lowest BCUT2D eigenvalue weighted by atomic mass is 9.92. The number of carbonyl (C=O) groups is 2. The number of urea groups is 1. The second-order valence-corrected chi connectivity index (χ2v) is 7.16. The molecule has 0 aliphatic carbocycles. The molecule has 0 saturated carbocycles. The largest absolute Gasteiger partial charge is 0.337 e. The Bertz CT molecular complexity index is 1080. The quantitative estimate of drug-likeness (QED) is 0.680. The van der Waals surface area contributed by atoms with Crippen molar-refractivity contribution in [3.05, 3.63) is 70.6 Å². The van der Waals surface area contributed by atoms with E-state index in [2.05, 4.69) is 15.5 Å². The van der Waals surface area contributed by atoms with Gasteiger partial charge in [0.1, 0.15) is 12.1 Å². The summed E-state index contributed by atoms with van der Waals surface area (Å²) in [5.41, 5.74) is 1.10. The van der Waals surface area contributed by atoms with E-state index >= 15 is 0 Å². The number of benzene rings is 2. The number of aryl methyl sites for hydroxylation is 1. The maximum Gasteiger partial charge on any atom is 0.325 e. The number of hydrogen-bond donors (Lipinski definition) is 1. The van der Waals surface area contributed by atoms with Crippen LogP contribution in [-0.4, -0.2) is 27.0 Å². The van der Waals surface area contributed by atoms with Crippen molar-refractivity contribution in [1.29, 1.82) is 0 Å². The van der Waals surface area contributed by atoms with Gasteiger partial charge in [-0.25, -0.2) is 4.79 Å². The van der Waals surface area contributed by atoms with Crippen molar-refractivity contribution in [2.24, 2.45) is 0 Å². The summed E-state index contributed by atoms with van der Waals surface area (Å²) in [4.78, 5) is 30.9. The summed E-state index contributed by atoms with van der Waals surface area (Å²) in [5, 5.41) is 7.09. The normalized spacial score (nSPS) is 19.2. The molecule has 0 bridgehead atoms. The molecule has 1 aliphatic heterocycles. The Morgan fingerprint density at radius 1 is 1.14 bits per heavy atom. The molecule has 3 amide bonds. The van der Waals surface area contributed by atoms with Crippen LogP contribution in [0.4, 0.5) is 4.79 Å². The highest BCUT2D eigenvalue weighted by Crippen LogP contribution is 2.34. The Hall–Kier alpha value is -3.19. The first-order valence-corrected chi connectivity index (χ1v) is 9.05. The molecule has 7 nitrogen and oxygen atoms in total. The Morgan fingerprint density at radius 3 is 2.61 bits per heavy atom. The lowest BCUT2D eigenvalue weighted by Crippen LogP contribution is -2.41. The molecule has 0 radical (unpaired) electrons. The molecule has 28 heavy (non-hydrogen) atoms. The lowest BCUT2D eigenvalue weighted by molar-refractivity contribution is -0.131. The minimum atomic E-state index is -1.26. The van der Waals surface area contributed by atoms with E-state index in [1.165, 1.54) is 0 Å². The number of nitrogens with zero attached hydrogens (tertiary/aromatic N) is 3. The standard InChI is InChI=1S/C20H17ClN4O3/c1-12-7-3-4-8-13(12)17-22-16(28-24-17)11-25-18(26)20(2,23-19(25)27)14-9-5-6-10-15(14)21/h3-10H,11H2,1-2H3,(H,23,27)/t20-/m1/s1. The van der Waals surface area contributed by atoms with Crippen LogP contribution in [0.1, 0.15) is 23.9 Å². The van der Waals surface area contributed by atoms with Crippen molar-refractivity contribution in [2.75, 3.05) is 0 Å². The van der Waals surface area contributed by atoms with Crippen molar-refractivity contribution in [1.82, 2.24) is 20.4 Å². The number of hydrogen-bond acceptors (Lipinski definition) is 5. The number of aromatic nitrogens is 2. The van der Waals surface area contributed by atoms with Crippen LogP contribution in [-0.2, 0) is 16.9 Å². The molecule has 1 N–H and O–H groups in total. The molecule has 4 rings (SSSR count). The van der Waals surface area contributed by atoms with Crippen molar-refractivity contribution in [3.8, 4) is 11.4 Å². The molecule has 1 aliphatic rings. The molecule has 0 spiro atoms. The van der Waals surface area contributed by atoms with Crippen molar-refractivity contribution in [2.45, 2.75) is 25.9 Å². The summed E-state index contributed by atoms with van der Waals surface area (Å²) in [6.45, 7) is 3.45. The van der Waals surface area contributed by atoms with Gasteiger partial charge >= 0.3 is 6.03 Å². The van der Waals surface area contributed by atoms with Crippen LogP contribution in [0.3, 0.4) is 0 Å². The first kappa shape index (κ1) is 18.2. The van der Waals surface area contributed by atoms with Crippen LogP contribution in [0.25, 0.3) is 11.4 Å². The highest BCUT2D eigenvalue weighted by atomic mass is 35.5. The number of carbonyl (C=O) groups excluding carboxylic acids is 2. The second kappa shape index (κ2) is 6.76. The summed E-state index contributed by atoms with van der Waals surface area (Å²) in [6.07, 6.45) is 0. The van der Waals surface area contributed by atoms with Gasteiger partial charge in [0.05, 0.1) is 0 Å². The van der Waals surface area contributed by atoms with Crippen LogP contribution in [0.15, 0.2) is 53.1 Å². The minimum Gasteiger partial charge on any atom is -0.337 e. The first-order chi connectivity index (χ1) is 13.4. The fourth-order valence-electron chi connectivity index (χ4n) is 3.28.